The first-order chi connectivity index (χ1) is 13.6. The number of nitrogens with zero attached hydrogens (tertiary/aromatic N) is 3. The number of hydrogen-bond donors (Lipinski definition) is 2. The summed E-state index contributed by atoms with van der Waals surface area (Å²) in [5.74, 6) is 6.20. The molecule has 0 bridgehead atoms. The van der Waals surface area contributed by atoms with Gasteiger partial charge in [-0.2, -0.15) is 0 Å². The predicted octanol–water partition coefficient (Wildman–Crippen LogP) is 2.77. The van der Waals surface area contributed by atoms with Crippen LogP contribution in [0.1, 0.15) is 16.1 Å². The van der Waals surface area contributed by atoms with Gasteiger partial charge in [-0.1, -0.05) is 18.2 Å². The third kappa shape index (κ3) is 2.94. The van der Waals surface area contributed by atoms with Gasteiger partial charge in [0, 0.05) is 23.6 Å². The molecule has 0 unspecified atom stereocenters. The number of nitrogens with one attached hydrogen (secondary N) is 1. The number of nitrogens with two attached hydrogens (primary N) is 1. The van der Waals surface area contributed by atoms with E-state index < -0.39 is 6.09 Å². The van der Waals surface area contributed by atoms with Gasteiger partial charge in [0.2, 0.25) is 0 Å². The smallest absolute Gasteiger partial charge is 0.410 e. The van der Waals surface area contributed by atoms with Gasteiger partial charge in [-0.05, 0) is 24.3 Å². The number of hydrogen-bond acceptors (Lipinski definition) is 6. The average molecular weight is 377 g/mol. The summed E-state index contributed by atoms with van der Waals surface area (Å²) in [5.41, 5.74) is 3.93. The van der Waals surface area contributed by atoms with Crippen LogP contribution in [0.3, 0.4) is 0 Å². The number of Topliss-reactive ketones (excluding diaryl/α,β-unsaturated/α-hetero) is 1. The summed E-state index contributed by atoms with van der Waals surface area (Å²) in [6.07, 6.45) is 2.76. The minimum absolute atomic E-state index is 0.0665. The second-order valence-electron chi connectivity index (χ2n) is 6.39. The van der Waals surface area contributed by atoms with Crippen molar-refractivity contribution < 1.29 is 14.3 Å². The third-order valence-corrected chi connectivity index (χ3v) is 4.69. The molecule has 0 atom stereocenters. The van der Waals surface area contributed by atoms with Gasteiger partial charge in [0.25, 0.3) is 0 Å². The Labute approximate surface area is 161 Å². The van der Waals surface area contributed by atoms with E-state index in [0.717, 1.165) is 11.3 Å². The highest BCUT2D eigenvalue weighted by Gasteiger charge is 2.35. The summed E-state index contributed by atoms with van der Waals surface area (Å²) in [4.78, 5) is 30.3. The molecular weight excluding hydrogens is 358 g/mol. The Kier molecular flexibility index (Phi) is 4.44. The highest BCUT2D eigenvalue weighted by molar-refractivity contribution is 6.09. The zero-order chi connectivity index (χ0) is 19.7. The van der Waals surface area contributed by atoms with Crippen molar-refractivity contribution in [3.63, 3.8) is 0 Å². The zero-order valence-electron chi connectivity index (χ0n) is 15.3. The second kappa shape index (κ2) is 7.07. The summed E-state index contributed by atoms with van der Waals surface area (Å²) in [7, 11) is 1.29. The van der Waals surface area contributed by atoms with Crippen molar-refractivity contribution in [3.8, 4) is 11.3 Å². The number of ketones is 1. The number of ether oxygens (including phenoxy) is 1. The molecule has 3 aromatic rings. The number of rotatable bonds is 3. The first-order valence-corrected chi connectivity index (χ1v) is 8.71. The molecule has 3 heterocycles. The molecule has 3 N–H and O–H groups in total. The molecule has 28 heavy (non-hydrogen) atoms. The topological polar surface area (TPSA) is 102 Å². The van der Waals surface area contributed by atoms with E-state index in [2.05, 4.69) is 10.3 Å². The Hall–Kier alpha value is -3.81. The van der Waals surface area contributed by atoms with Crippen LogP contribution < -0.4 is 11.2 Å². The van der Waals surface area contributed by atoms with E-state index in [-0.39, 0.29) is 18.9 Å². The number of methoxy groups -OCH3 is 1. The number of carbonyl (C=O) groups excluding carboxylic acids is 2. The maximum atomic E-state index is 13.0. The molecule has 8 nitrogen and oxygen atoms in total. The number of pyridine rings is 1. The van der Waals surface area contributed by atoms with E-state index in [0.29, 0.717) is 22.6 Å². The number of nitrogen functional groups attached to an aromatic ring is 1. The molecule has 0 saturated heterocycles. The fraction of sp³-hybridized carbons (Fsp3) is 0.150. The molecular formula is C20H19N5O3. The van der Waals surface area contributed by atoms with Crippen LogP contribution in [0, 0.1) is 0 Å². The van der Waals surface area contributed by atoms with Crippen LogP contribution in [-0.2, 0) is 11.3 Å². The summed E-state index contributed by atoms with van der Waals surface area (Å²) in [5, 5.41) is 3.33. The molecule has 0 spiro atoms. The van der Waals surface area contributed by atoms with Crippen molar-refractivity contribution in [2.45, 2.75) is 6.54 Å². The number of fused-ring (bicyclic) bond motifs is 1. The molecule has 0 radical (unpaired) electrons. The molecule has 1 aromatic carbocycles. The van der Waals surface area contributed by atoms with Gasteiger partial charge in [0.1, 0.15) is 0 Å². The second-order valence-corrected chi connectivity index (χ2v) is 6.39. The van der Waals surface area contributed by atoms with E-state index in [1.807, 2.05) is 42.5 Å². The van der Waals surface area contributed by atoms with Crippen LogP contribution in [-0.4, -0.2) is 40.1 Å². The van der Waals surface area contributed by atoms with Crippen molar-refractivity contribution in [3.05, 3.63) is 66.1 Å². The number of aromatic nitrogens is 2. The van der Waals surface area contributed by atoms with Crippen molar-refractivity contribution in [1.82, 2.24) is 14.6 Å². The lowest BCUT2D eigenvalue weighted by Gasteiger charge is -2.25. The van der Waals surface area contributed by atoms with E-state index >= 15 is 0 Å². The van der Waals surface area contributed by atoms with Crippen molar-refractivity contribution in [1.29, 1.82) is 0 Å². The fourth-order valence-corrected chi connectivity index (χ4v) is 3.42. The first kappa shape index (κ1) is 17.6. The van der Waals surface area contributed by atoms with E-state index in [9.17, 15) is 9.59 Å². The largest absolute Gasteiger partial charge is 0.453 e. The van der Waals surface area contributed by atoms with Crippen LogP contribution in [0.15, 0.2) is 54.9 Å². The molecule has 4 rings (SSSR count). The van der Waals surface area contributed by atoms with Crippen LogP contribution in [0.25, 0.3) is 11.3 Å². The number of anilines is 2. The quantitative estimate of drug-likeness (QED) is 0.681. The van der Waals surface area contributed by atoms with Crippen LogP contribution in [0.4, 0.5) is 16.2 Å². The minimum atomic E-state index is -0.566. The molecule has 0 fully saturated rings. The van der Waals surface area contributed by atoms with Gasteiger partial charge in [0.05, 0.1) is 42.8 Å². The van der Waals surface area contributed by atoms with Crippen molar-refractivity contribution >= 4 is 23.3 Å². The summed E-state index contributed by atoms with van der Waals surface area (Å²) in [6, 6.07) is 13.2. The lowest BCUT2D eigenvalue weighted by Crippen LogP contribution is -2.40. The predicted molar refractivity (Wildman–Crippen MR) is 105 cm³/mol. The van der Waals surface area contributed by atoms with Crippen molar-refractivity contribution in [2.24, 2.45) is 0 Å². The van der Waals surface area contributed by atoms with Gasteiger partial charge in [-0.3, -0.25) is 19.4 Å². The summed E-state index contributed by atoms with van der Waals surface area (Å²) in [6.45, 7) is 0.113. The monoisotopic (exact) mass is 377 g/mol. The van der Waals surface area contributed by atoms with Gasteiger partial charge >= 0.3 is 6.09 Å². The SMILES string of the molecule is COC(=O)N1CC(=O)c2c(Nc3ccccc3)c(-c3ccncc3)n(N)c2C1. The normalized spacial score (nSPS) is 13.2. The Bertz CT molecular complexity index is 1030. The lowest BCUT2D eigenvalue weighted by molar-refractivity contribution is 0.0837. The Morgan fingerprint density at radius 2 is 1.86 bits per heavy atom. The lowest BCUT2D eigenvalue weighted by atomic mass is 10.0. The van der Waals surface area contributed by atoms with Crippen molar-refractivity contribution in [2.75, 3.05) is 24.8 Å². The molecule has 1 aliphatic rings. The van der Waals surface area contributed by atoms with Crippen LogP contribution in [0.2, 0.25) is 0 Å². The first-order valence-electron chi connectivity index (χ1n) is 8.71. The van der Waals surface area contributed by atoms with Gasteiger partial charge in [-0.25, -0.2) is 4.79 Å². The Morgan fingerprint density at radius 3 is 2.54 bits per heavy atom. The molecule has 8 heteroatoms. The Balaban J connectivity index is 1.89. The molecule has 0 aliphatic carbocycles. The number of amides is 1. The molecule has 0 saturated carbocycles. The number of benzene rings is 1. The van der Waals surface area contributed by atoms with E-state index in [1.54, 1.807) is 12.4 Å². The number of para-hydroxylation sites is 1. The fourth-order valence-electron chi connectivity index (χ4n) is 3.42. The number of carbonyl (C=O) groups is 2. The maximum absolute atomic E-state index is 13.0. The summed E-state index contributed by atoms with van der Waals surface area (Å²) >= 11 is 0. The molecule has 1 aliphatic heterocycles. The van der Waals surface area contributed by atoms with Gasteiger partial charge in [-0.15, -0.1) is 0 Å². The highest BCUT2D eigenvalue weighted by Crippen LogP contribution is 2.39. The van der Waals surface area contributed by atoms with E-state index in [1.165, 1.54) is 16.7 Å². The van der Waals surface area contributed by atoms with Crippen LogP contribution in [0.5, 0.6) is 0 Å². The minimum Gasteiger partial charge on any atom is -0.453 e. The maximum Gasteiger partial charge on any atom is 0.410 e. The molecule has 1 amide bonds. The zero-order valence-corrected chi connectivity index (χ0v) is 15.3. The van der Waals surface area contributed by atoms with Crippen LogP contribution >= 0.6 is 0 Å². The standard InChI is InChI=1S/C20H19N5O3/c1-28-20(27)24-11-15-17(16(26)12-24)18(23-14-5-3-2-4-6-14)19(25(15)21)13-7-9-22-10-8-13/h2-10,23H,11-12,21H2,1H3. The highest BCUT2D eigenvalue weighted by atomic mass is 16.5. The molecule has 2 aromatic heterocycles. The average Bonchev–Trinajstić information content (AvgIpc) is 3.00. The van der Waals surface area contributed by atoms with Gasteiger partial charge in [0.15, 0.2) is 5.78 Å². The molecule has 142 valence electrons. The Morgan fingerprint density at radius 1 is 1.14 bits per heavy atom. The van der Waals surface area contributed by atoms with Gasteiger partial charge < -0.3 is 15.9 Å². The third-order valence-electron chi connectivity index (χ3n) is 4.69. The summed E-state index contributed by atoms with van der Waals surface area (Å²) < 4.78 is 6.23. The van der Waals surface area contributed by atoms with E-state index in [4.69, 9.17) is 10.6 Å².